The Bertz CT molecular complexity index is 1120. The highest BCUT2D eigenvalue weighted by Crippen LogP contribution is 2.33. The van der Waals surface area contributed by atoms with Gasteiger partial charge in [0.15, 0.2) is 24.0 Å². The monoisotopic (exact) mass is 442 g/mol. The van der Waals surface area contributed by atoms with Crippen LogP contribution < -0.4 is 9.47 Å². The van der Waals surface area contributed by atoms with Gasteiger partial charge in [-0.1, -0.05) is 19.4 Å². The van der Waals surface area contributed by atoms with Gasteiger partial charge in [0.1, 0.15) is 11.6 Å². The number of esters is 1. The van der Waals surface area contributed by atoms with E-state index < -0.39 is 42.0 Å². The van der Waals surface area contributed by atoms with Crippen LogP contribution in [-0.2, 0) is 6.42 Å². The number of halogens is 6. The summed E-state index contributed by atoms with van der Waals surface area (Å²) in [5.41, 5.74) is 0.407. The summed E-state index contributed by atoms with van der Waals surface area (Å²) in [5, 5.41) is -0.327. The molecule has 31 heavy (non-hydrogen) atoms. The van der Waals surface area contributed by atoms with Crippen LogP contribution in [0.1, 0.15) is 29.3 Å². The summed E-state index contributed by atoms with van der Waals surface area (Å²) in [4.78, 5) is 12.3. The molecule has 0 bridgehead atoms. The van der Waals surface area contributed by atoms with Crippen LogP contribution in [0.4, 0.5) is 26.3 Å². The van der Waals surface area contributed by atoms with Crippen molar-refractivity contribution in [1.82, 2.24) is 0 Å². The quantitative estimate of drug-likeness (QED) is 0.253. The topological polar surface area (TPSA) is 35.5 Å². The molecule has 0 aliphatic rings. The first kappa shape index (κ1) is 22.5. The Morgan fingerprint density at radius 2 is 1.71 bits per heavy atom. The van der Waals surface area contributed by atoms with Crippen molar-refractivity contribution in [2.45, 2.75) is 25.9 Å². The zero-order valence-corrected chi connectivity index (χ0v) is 16.2. The van der Waals surface area contributed by atoms with E-state index in [9.17, 15) is 31.1 Å². The maximum absolute atomic E-state index is 14.4. The minimum absolute atomic E-state index is 0.0848. The Morgan fingerprint density at radius 3 is 2.35 bits per heavy atom. The van der Waals surface area contributed by atoms with Gasteiger partial charge in [0, 0.05) is 5.39 Å². The maximum Gasteiger partial charge on any atom is 0.422 e. The molecule has 0 unspecified atom stereocenters. The highest BCUT2D eigenvalue weighted by atomic mass is 19.4. The number of carbonyl (C=O) groups excluding carboxylic acids is 1. The van der Waals surface area contributed by atoms with Gasteiger partial charge in [0.05, 0.1) is 5.56 Å². The van der Waals surface area contributed by atoms with Gasteiger partial charge in [-0.2, -0.15) is 13.2 Å². The lowest BCUT2D eigenvalue weighted by Gasteiger charge is -2.13. The van der Waals surface area contributed by atoms with Gasteiger partial charge in [-0.25, -0.2) is 18.0 Å². The van der Waals surface area contributed by atoms with Crippen molar-refractivity contribution < 1.29 is 40.6 Å². The molecular weight excluding hydrogens is 426 g/mol. The van der Waals surface area contributed by atoms with E-state index in [-0.39, 0.29) is 22.1 Å². The number of rotatable bonds is 6. The van der Waals surface area contributed by atoms with E-state index >= 15 is 0 Å². The zero-order valence-electron chi connectivity index (χ0n) is 16.2. The van der Waals surface area contributed by atoms with Gasteiger partial charge in [0.25, 0.3) is 0 Å². The molecular formula is C22H16F6O3. The number of ether oxygens (including phenoxy) is 2. The molecule has 0 amide bonds. The maximum atomic E-state index is 14.4. The van der Waals surface area contributed by atoms with Gasteiger partial charge in [-0.05, 0) is 53.8 Å². The van der Waals surface area contributed by atoms with E-state index in [0.717, 1.165) is 36.2 Å². The molecule has 3 nitrogen and oxygen atoms in total. The largest absolute Gasteiger partial charge is 0.478 e. The number of aryl methyl sites for hydroxylation is 1. The summed E-state index contributed by atoms with van der Waals surface area (Å²) in [6.45, 7) is 0.0710. The molecule has 0 heterocycles. The number of fused-ring (bicyclic) bond motifs is 1. The molecule has 0 N–H and O–H groups in total. The third kappa shape index (κ3) is 5.28. The van der Waals surface area contributed by atoms with Crippen LogP contribution in [-0.4, -0.2) is 18.8 Å². The predicted octanol–water partition coefficient (Wildman–Crippen LogP) is 6.37. The first-order chi connectivity index (χ1) is 14.6. The molecule has 0 saturated carbocycles. The number of hydrogen-bond acceptors (Lipinski definition) is 3. The average molecular weight is 442 g/mol. The normalized spacial score (nSPS) is 11.6. The molecule has 0 spiro atoms. The Kier molecular flexibility index (Phi) is 6.42. The summed E-state index contributed by atoms with van der Waals surface area (Å²) in [6, 6.07) is 8.21. The second kappa shape index (κ2) is 8.87. The molecule has 3 rings (SSSR count). The van der Waals surface area contributed by atoms with Crippen molar-refractivity contribution >= 4 is 16.7 Å². The molecule has 3 aromatic carbocycles. The summed E-state index contributed by atoms with van der Waals surface area (Å²) in [6.07, 6.45) is -3.32. The first-order valence-corrected chi connectivity index (χ1v) is 9.21. The van der Waals surface area contributed by atoms with Gasteiger partial charge in [-0.15, -0.1) is 0 Å². The smallest absolute Gasteiger partial charge is 0.422 e. The third-order valence-electron chi connectivity index (χ3n) is 4.34. The van der Waals surface area contributed by atoms with E-state index in [1.165, 1.54) is 12.1 Å². The summed E-state index contributed by atoms with van der Waals surface area (Å²) >= 11 is 0. The predicted molar refractivity (Wildman–Crippen MR) is 101 cm³/mol. The molecule has 3 aromatic rings. The van der Waals surface area contributed by atoms with Gasteiger partial charge in [0.2, 0.25) is 0 Å². The number of benzene rings is 3. The molecule has 0 aliphatic heterocycles. The average Bonchev–Trinajstić information content (AvgIpc) is 2.67. The second-order valence-corrected chi connectivity index (χ2v) is 6.74. The zero-order chi connectivity index (χ0) is 22.8. The van der Waals surface area contributed by atoms with Gasteiger partial charge < -0.3 is 9.47 Å². The molecule has 0 radical (unpaired) electrons. The fourth-order valence-corrected chi connectivity index (χ4v) is 2.97. The molecule has 0 aliphatic carbocycles. The summed E-state index contributed by atoms with van der Waals surface area (Å²) in [5.74, 6) is -5.74. The van der Waals surface area contributed by atoms with Crippen LogP contribution in [0.3, 0.4) is 0 Å². The van der Waals surface area contributed by atoms with Crippen LogP contribution in [0.2, 0.25) is 0 Å². The van der Waals surface area contributed by atoms with Gasteiger partial charge in [-0.3, -0.25) is 0 Å². The second-order valence-electron chi connectivity index (χ2n) is 6.74. The molecule has 0 fully saturated rings. The minimum atomic E-state index is -4.77. The van der Waals surface area contributed by atoms with Crippen molar-refractivity contribution in [1.29, 1.82) is 0 Å². The van der Waals surface area contributed by atoms with Crippen molar-refractivity contribution in [3.63, 3.8) is 0 Å². The third-order valence-corrected chi connectivity index (χ3v) is 4.34. The first-order valence-electron chi connectivity index (χ1n) is 9.21. The van der Waals surface area contributed by atoms with E-state index in [1.54, 1.807) is 6.07 Å². The lowest BCUT2D eigenvalue weighted by atomic mass is 10.1. The van der Waals surface area contributed by atoms with Crippen molar-refractivity contribution in [3.05, 3.63) is 71.0 Å². The van der Waals surface area contributed by atoms with Crippen LogP contribution in [0, 0.1) is 17.5 Å². The molecule has 164 valence electrons. The highest BCUT2D eigenvalue weighted by Gasteiger charge is 2.30. The standard InChI is InChI=1S/C22H16F6O3/c1-2-3-12-4-6-16(17(23)8-12)21(29)31-14-5-7-15-13(9-14)10-18(24)20(19(15)25)30-11-22(26,27)28/h4-10H,2-3,11H2,1H3. The Morgan fingerprint density at radius 1 is 0.968 bits per heavy atom. The lowest BCUT2D eigenvalue weighted by molar-refractivity contribution is -0.154. The van der Waals surface area contributed by atoms with Crippen molar-refractivity contribution in [2.75, 3.05) is 6.61 Å². The lowest BCUT2D eigenvalue weighted by Crippen LogP contribution is -2.20. The van der Waals surface area contributed by atoms with Crippen LogP contribution in [0.5, 0.6) is 11.5 Å². The summed E-state index contributed by atoms with van der Waals surface area (Å²) in [7, 11) is 0. The highest BCUT2D eigenvalue weighted by molar-refractivity contribution is 5.92. The van der Waals surface area contributed by atoms with E-state index in [0.29, 0.717) is 6.42 Å². The minimum Gasteiger partial charge on any atom is -0.478 e. The number of alkyl halides is 3. The molecule has 0 atom stereocenters. The van der Waals surface area contributed by atoms with Crippen molar-refractivity contribution in [2.24, 2.45) is 0 Å². The fraction of sp³-hybridized carbons (Fsp3) is 0.227. The molecule has 0 saturated heterocycles. The van der Waals surface area contributed by atoms with Crippen molar-refractivity contribution in [3.8, 4) is 11.5 Å². The Balaban J connectivity index is 1.85. The Hall–Kier alpha value is -3.23. The number of carbonyl (C=O) groups is 1. The molecule has 9 heteroatoms. The van der Waals surface area contributed by atoms with E-state index in [2.05, 4.69) is 4.74 Å². The Labute approximate surface area is 173 Å². The molecule has 0 aromatic heterocycles. The van der Waals surface area contributed by atoms with Gasteiger partial charge >= 0.3 is 12.1 Å². The van der Waals surface area contributed by atoms with Crippen LogP contribution in [0.15, 0.2) is 42.5 Å². The number of hydrogen-bond donors (Lipinski definition) is 0. The summed E-state index contributed by atoms with van der Waals surface area (Å²) < 4.78 is 88.8. The van der Waals surface area contributed by atoms with Crippen LogP contribution >= 0.6 is 0 Å². The SMILES string of the molecule is CCCc1ccc(C(=O)Oc2ccc3c(F)c(OCC(F)(F)F)c(F)cc3c2)c(F)c1. The van der Waals surface area contributed by atoms with Crippen LogP contribution in [0.25, 0.3) is 10.8 Å². The van der Waals surface area contributed by atoms with E-state index in [1.807, 2.05) is 6.92 Å². The van der Waals surface area contributed by atoms with E-state index in [4.69, 9.17) is 4.74 Å². The fourth-order valence-electron chi connectivity index (χ4n) is 2.97.